The lowest BCUT2D eigenvalue weighted by atomic mass is 10.1. The molecule has 0 aliphatic heterocycles. The van der Waals surface area contributed by atoms with Crippen LogP contribution in [0.4, 0.5) is 0 Å². The second kappa shape index (κ2) is 8.99. The average molecular weight is 357 g/mol. The molecule has 5 nitrogen and oxygen atoms in total. The van der Waals surface area contributed by atoms with E-state index in [0.29, 0.717) is 12.3 Å². The molecule has 0 bridgehead atoms. The van der Waals surface area contributed by atoms with E-state index in [-0.39, 0.29) is 11.9 Å². The van der Waals surface area contributed by atoms with Crippen LogP contribution in [0.5, 0.6) is 0 Å². The monoisotopic (exact) mass is 356 g/mol. The number of hydrogen-bond acceptors (Lipinski definition) is 3. The number of rotatable bonds is 8. The maximum atomic E-state index is 12.7. The van der Waals surface area contributed by atoms with Crippen molar-refractivity contribution in [3.63, 3.8) is 0 Å². The predicted molar refractivity (Wildman–Crippen MR) is 106 cm³/mol. The minimum Gasteiger partial charge on any atom is -0.348 e. The molecule has 1 heterocycles. The van der Waals surface area contributed by atoms with Gasteiger partial charge in [-0.1, -0.05) is 44.2 Å². The third-order valence-electron chi connectivity index (χ3n) is 4.49. The van der Waals surface area contributed by atoms with Crippen LogP contribution in [0.25, 0.3) is 0 Å². The minimum absolute atomic E-state index is 0.0231. The number of nitrogens with zero attached hydrogens (tertiary/aromatic N) is 3. The van der Waals surface area contributed by atoms with Crippen molar-refractivity contribution in [3.8, 4) is 0 Å². The van der Waals surface area contributed by atoms with Gasteiger partial charge in [0.15, 0.2) is 0 Å². The van der Waals surface area contributed by atoms with Crippen molar-refractivity contribution in [3.05, 3.63) is 52.8 Å². The fraction of sp³-hybridized carbons (Fsp3) is 0.524. The molecule has 0 saturated carbocycles. The predicted octanol–water partition coefficient (Wildman–Crippen LogP) is 3.12. The Morgan fingerprint density at radius 3 is 2.42 bits per heavy atom. The van der Waals surface area contributed by atoms with Crippen molar-refractivity contribution in [2.45, 2.75) is 46.7 Å². The van der Waals surface area contributed by atoms with Gasteiger partial charge in [-0.25, -0.2) is 0 Å². The van der Waals surface area contributed by atoms with Crippen molar-refractivity contribution < 1.29 is 4.79 Å². The Balaban J connectivity index is 2.12. The highest BCUT2D eigenvalue weighted by Gasteiger charge is 2.19. The second-order valence-corrected chi connectivity index (χ2v) is 7.70. The molecule has 0 aliphatic rings. The molecular formula is C21H32N4O. The lowest BCUT2D eigenvalue weighted by Crippen LogP contribution is -2.36. The van der Waals surface area contributed by atoms with Crippen molar-refractivity contribution in [2.24, 2.45) is 5.92 Å². The normalized spacial score (nSPS) is 12.6. The molecule has 0 radical (unpaired) electrons. The van der Waals surface area contributed by atoms with Crippen molar-refractivity contribution in [1.82, 2.24) is 20.0 Å². The summed E-state index contributed by atoms with van der Waals surface area (Å²) in [5, 5.41) is 7.82. The Bertz CT molecular complexity index is 719. The van der Waals surface area contributed by atoms with Crippen molar-refractivity contribution in [2.75, 3.05) is 20.6 Å². The first kappa shape index (κ1) is 20.2. The molecule has 0 spiro atoms. The summed E-state index contributed by atoms with van der Waals surface area (Å²) in [7, 11) is 4.04. The summed E-state index contributed by atoms with van der Waals surface area (Å²) >= 11 is 0. The van der Waals surface area contributed by atoms with Crippen LogP contribution in [0.15, 0.2) is 30.3 Å². The first-order chi connectivity index (χ1) is 12.3. The summed E-state index contributed by atoms with van der Waals surface area (Å²) in [6.45, 7) is 10.0. The molecule has 2 rings (SSSR count). The van der Waals surface area contributed by atoms with Gasteiger partial charge < -0.3 is 10.2 Å². The third kappa shape index (κ3) is 5.43. The van der Waals surface area contributed by atoms with Crippen molar-refractivity contribution in [1.29, 1.82) is 0 Å². The van der Waals surface area contributed by atoms with Gasteiger partial charge in [-0.15, -0.1) is 0 Å². The lowest BCUT2D eigenvalue weighted by Gasteiger charge is -2.23. The van der Waals surface area contributed by atoms with E-state index in [2.05, 4.69) is 48.2 Å². The molecule has 2 aromatic rings. The number of hydrogen-bond donors (Lipinski definition) is 1. The molecule has 0 fully saturated rings. The summed E-state index contributed by atoms with van der Waals surface area (Å²) < 4.78 is 2.02. The summed E-state index contributed by atoms with van der Waals surface area (Å²) in [5.74, 6) is 0.563. The van der Waals surface area contributed by atoms with E-state index in [0.717, 1.165) is 35.6 Å². The van der Waals surface area contributed by atoms with Crippen molar-refractivity contribution >= 4 is 5.91 Å². The lowest BCUT2D eigenvalue weighted by molar-refractivity contribution is -0.121. The molecule has 142 valence electrons. The van der Waals surface area contributed by atoms with Gasteiger partial charge >= 0.3 is 0 Å². The average Bonchev–Trinajstić information content (AvgIpc) is 2.81. The standard InChI is InChI=1S/C21H32N4O/c1-15(2)13-25-17(4)19(16(3)23-25)12-21(26)22-20(14-24(5)6)18-10-8-7-9-11-18/h7-11,15,20H,12-14H2,1-6H3,(H,22,26). The Labute approximate surface area is 157 Å². The van der Waals surface area contributed by atoms with Crippen LogP contribution in [0, 0.1) is 19.8 Å². The van der Waals surface area contributed by atoms with Gasteiger partial charge in [0.2, 0.25) is 5.91 Å². The van der Waals surface area contributed by atoms with E-state index in [1.807, 2.05) is 43.9 Å². The Hall–Kier alpha value is -2.14. The van der Waals surface area contributed by atoms with Crippen LogP contribution in [0.2, 0.25) is 0 Å². The SMILES string of the molecule is Cc1nn(CC(C)C)c(C)c1CC(=O)NC(CN(C)C)c1ccccc1. The number of carbonyl (C=O) groups excluding carboxylic acids is 1. The smallest absolute Gasteiger partial charge is 0.225 e. The van der Waals surface area contributed by atoms with Crippen LogP contribution in [-0.4, -0.2) is 41.2 Å². The van der Waals surface area contributed by atoms with Gasteiger partial charge in [-0.2, -0.15) is 5.10 Å². The Morgan fingerprint density at radius 1 is 1.19 bits per heavy atom. The fourth-order valence-corrected chi connectivity index (χ4v) is 3.20. The quantitative estimate of drug-likeness (QED) is 0.791. The van der Waals surface area contributed by atoms with E-state index >= 15 is 0 Å². The number of aryl methyl sites for hydroxylation is 1. The van der Waals surface area contributed by atoms with Gasteiger partial charge in [0, 0.05) is 24.3 Å². The molecule has 1 aromatic heterocycles. The van der Waals surface area contributed by atoms with Crippen LogP contribution >= 0.6 is 0 Å². The molecule has 1 unspecified atom stereocenters. The summed E-state index contributed by atoms with van der Waals surface area (Å²) in [6.07, 6.45) is 0.368. The molecular weight excluding hydrogens is 324 g/mol. The third-order valence-corrected chi connectivity index (χ3v) is 4.49. The molecule has 1 aromatic carbocycles. The maximum absolute atomic E-state index is 12.7. The maximum Gasteiger partial charge on any atom is 0.225 e. The Kier molecular flexibility index (Phi) is 6.98. The molecule has 0 aliphatic carbocycles. The van der Waals surface area contributed by atoms with Gasteiger partial charge in [0.25, 0.3) is 0 Å². The second-order valence-electron chi connectivity index (χ2n) is 7.70. The first-order valence-corrected chi connectivity index (χ1v) is 9.29. The zero-order chi connectivity index (χ0) is 19.3. The number of likely N-dealkylation sites (N-methyl/N-ethyl adjacent to an activating group) is 1. The number of amides is 1. The highest BCUT2D eigenvalue weighted by atomic mass is 16.1. The van der Waals surface area contributed by atoms with Gasteiger partial charge in [0.1, 0.15) is 0 Å². The van der Waals surface area contributed by atoms with Crippen LogP contribution in [0.1, 0.15) is 42.4 Å². The van der Waals surface area contributed by atoms with Gasteiger partial charge in [0.05, 0.1) is 18.2 Å². The summed E-state index contributed by atoms with van der Waals surface area (Å²) in [4.78, 5) is 14.8. The highest BCUT2D eigenvalue weighted by molar-refractivity contribution is 5.79. The molecule has 1 N–H and O–H groups in total. The molecule has 0 saturated heterocycles. The highest BCUT2D eigenvalue weighted by Crippen LogP contribution is 2.17. The first-order valence-electron chi connectivity index (χ1n) is 9.29. The summed E-state index contributed by atoms with van der Waals surface area (Å²) in [5.41, 5.74) is 4.20. The number of carbonyl (C=O) groups is 1. The van der Waals surface area contributed by atoms with Gasteiger partial charge in [-0.3, -0.25) is 9.48 Å². The van der Waals surface area contributed by atoms with E-state index in [4.69, 9.17) is 0 Å². The molecule has 1 amide bonds. The van der Waals surface area contributed by atoms with Crippen LogP contribution in [-0.2, 0) is 17.8 Å². The number of benzene rings is 1. The van der Waals surface area contributed by atoms with E-state index in [1.165, 1.54) is 0 Å². The molecule has 1 atom stereocenters. The van der Waals surface area contributed by atoms with Gasteiger partial charge in [-0.05, 0) is 39.4 Å². The van der Waals surface area contributed by atoms with Crippen LogP contribution < -0.4 is 5.32 Å². The molecule has 26 heavy (non-hydrogen) atoms. The summed E-state index contributed by atoms with van der Waals surface area (Å²) in [6, 6.07) is 10.1. The topological polar surface area (TPSA) is 50.2 Å². The zero-order valence-electron chi connectivity index (χ0n) is 16.9. The van der Waals surface area contributed by atoms with E-state index in [1.54, 1.807) is 0 Å². The van der Waals surface area contributed by atoms with E-state index in [9.17, 15) is 4.79 Å². The van der Waals surface area contributed by atoms with Crippen LogP contribution in [0.3, 0.4) is 0 Å². The largest absolute Gasteiger partial charge is 0.348 e. The number of aromatic nitrogens is 2. The number of nitrogens with one attached hydrogen (secondary N) is 1. The minimum atomic E-state index is -0.0231. The zero-order valence-corrected chi connectivity index (χ0v) is 16.9. The Morgan fingerprint density at radius 2 is 1.85 bits per heavy atom. The van der Waals surface area contributed by atoms with E-state index < -0.39 is 0 Å². The molecule has 5 heteroatoms. The fourth-order valence-electron chi connectivity index (χ4n) is 3.20.